The molecule has 2 fully saturated rings. The molecule has 2 N–H and O–H groups in total. The van der Waals surface area contributed by atoms with Gasteiger partial charge in [0.1, 0.15) is 0 Å². The molecule has 0 bridgehead atoms. The highest BCUT2D eigenvalue weighted by Crippen LogP contribution is 2.31. The number of thioether (sulfide) groups is 1. The SMILES string of the molecule is O=C(O)CSc1cnc(NC(=O)N(CCC2CCCCC2)C2CCCCC2)s1. The molecule has 3 rings (SSSR count). The molecule has 2 amide bonds. The van der Waals surface area contributed by atoms with Crippen molar-refractivity contribution < 1.29 is 14.7 Å². The highest BCUT2D eigenvalue weighted by atomic mass is 32.2. The number of carbonyl (C=O) groups is 2. The second-order valence-electron chi connectivity index (χ2n) is 7.87. The number of aromatic nitrogens is 1. The average Bonchev–Trinajstić information content (AvgIpc) is 3.15. The number of amides is 2. The molecule has 0 aromatic carbocycles. The molecule has 1 heterocycles. The number of anilines is 1. The van der Waals surface area contributed by atoms with E-state index in [4.69, 9.17) is 5.11 Å². The first-order chi connectivity index (χ1) is 13.6. The van der Waals surface area contributed by atoms with Crippen LogP contribution in [0, 0.1) is 5.92 Å². The fraction of sp³-hybridized carbons (Fsp3) is 0.750. The third kappa shape index (κ3) is 6.65. The van der Waals surface area contributed by atoms with Gasteiger partial charge in [-0.05, 0) is 25.2 Å². The Morgan fingerprint density at radius 1 is 1.14 bits per heavy atom. The fourth-order valence-electron chi connectivity index (χ4n) is 4.32. The number of hydrogen-bond acceptors (Lipinski definition) is 5. The van der Waals surface area contributed by atoms with Crippen LogP contribution < -0.4 is 5.32 Å². The van der Waals surface area contributed by atoms with E-state index in [2.05, 4.69) is 15.2 Å². The van der Waals surface area contributed by atoms with Crippen molar-refractivity contribution in [3.05, 3.63) is 6.20 Å². The summed E-state index contributed by atoms with van der Waals surface area (Å²) >= 11 is 2.58. The number of thiazole rings is 1. The number of carboxylic acid groups (broad SMARTS) is 1. The largest absolute Gasteiger partial charge is 0.481 e. The lowest BCUT2D eigenvalue weighted by molar-refractivity contribution is -0.133. The Morgan fingerprint density at radius 3 is 2.50 bits per heavy atom. The molecular formula is C20H31N3O3S2. The van der Waals surface area contributed by atoms with Crippen LogP contribution in [0.3, 0.4) is 0 Å². The molecule has 28 heavy (non-hydrogen) atoms. The van der Waals surface area contributed by atoms with Crippen LogP contribution in [0.15, 0.2) is 10.4 Å². The van der Waals surface area contributed by atoms with Crippen molar-refractivity contribution in [1.29, 1.82) is 0 Å². The van der Waals surface area contributed by atoms with E-state index in [1.165, 1.54) is 74.5 Å². The number of carboxylic acids is 1. The molecule has 0 aliphatic heterocycles. The summed E-state index contributed by atoms with van der Waals surface area (Å²) in [6.07, 6.45) is 15.2. The number of urea groups is 1. The zero-order valence-corrected chi connectivity index (χ0v) is 18.0. The molecular weight excluding hydrogens is 394 g/mol. The highest BCUT2D eigenvalue weighted by Gasteiger charge is 2.27. The van der Waals surface area contributed by atoms with Crippen LogP contribution in [0.1, 0.15) is 70.6 Å². The van der Waals surface area contributed by atoms with Crippen LogP contribution in [0.2, 0.25) is 0 Å². The molecule has 0 atom stereocenters. The number of aliphatic carboxylic acids is 1. The molecule has 156 valence electrons. The minimum absolute atomic E-state index is 0.00513. The molecule has 1 aromatic rings. The third-order valence-electron chi connectivity index (χ3n) is 5.82. The molecule has 6 nitrogen and oxygen atoms in total. The first kappa shape index (κ1) is 21.4. The lowest BCUT2D eigenvalue weighted by Gasteiger charge is -2.35. The highest BCUT2D eigenvalue weighted by molar-refractivity contribution is 8.01. The Hall–Kier alpha value is -1.28. The van der Waals surface area contributed by atoms with Gasteiger partial charge in [-0.2, -0.15) is 0 Å². The Bertz CT molecular complexity index is 640. The van der Waals surface area contributed by atoms with E-state index in [1.54, 1.807) is 6.20 Å². The van der Waals surface area contributed by atoms with Crippen molar-refractivity contribution in [2.75, 3.05) is 17.6 Å². The summed E-state index contributed by atoms with van der Waals surface area (Å²) in [6, 6.07) is 0.282. The quantitative estimate of drug-likeness (QED) is 0.541. The van der Waals surface area contributed by atoms with Gasteiger partial charge in [-0.25, -0.2) is 9.78 Å². The zero-order chi connectivity index (χ0) is 19.8. The van der Waals surface area contributed by atoms with Gasteiger partial charge in [-0.15, -0.1) is 11.8 Å². The number of rotatable bonds is 8. The van der Waals surface area contributed by atoms with Crippen molar-refractivity contribution >= 4 is 40.2 Å². The van der Waals surface area contributed by atoms with E-state index in [-0.39, 0.29) is 11.8 Å². The first-order valence-electron chi connectivity index (χ1n) is 10.5. The Labute approximate surface area is 175 Å². The van der Waals surface area contributed by atoms with Gasteiger partial charge in [0.15, 0.2) is 5.13 Å². The average molecular weight is 426 g/mol. The summed E-state index contributed by atoms with van der Waals surface area (Å²) in [5, 5.41) is 12.3. The Balaban J connectivity index is 1.58. The third-order valence-corrected chi connectivity index (χ3v) is 7.91. The minimum atomic E-state index is -0.852. The van der Waals surface area contributed by atoms with Crippen molar-refractivity contribution in [2.45, 2.75) is 80.9 Å². The van der Waals surface area contributed by atoms with Gasteiger partial charge in [-0.1, -0.05) is 62.7 Å². The summed E-state index contributed by atoms with van der Waals surface area (Å²) < 4.78 is 0.809. The van der Waals surface area contributed by atoms with Crippen molar-refractivity contribution in [2.24, 2.45) is 5.92 Å². The summed E-state index contributed by atoms with van der Waals surface area (Å²) in [4.78, 5) is 30.1. The van der Waals surface area contributed by atoms with E-state index in [0.717, 1.165) is 35.9 Å². The molecule has 0 saturated heterocycles. The molecule has 0 spiro atoms. The van der Waals surface area contributed by atoms with E-state index < -0.39 is 5.97 Å². The standard InChI is InChI=1S/C20H31N3O3S2/c24-17(25)14-27-18-13-21-19(28-18)22-20(26)23(16-9-5-2-6-10-16)12-11-15-7-3-1-4-8-15/h13,15-16H,1-12,14H2,(H,24,25)(H,21,22,26). The Kier molecular flexibility index (Phi) is 8.45. The van der Waals surface area contributed by atoms with Crippen molar-refractivity contribution in [3.8, 4) is 0 Å². The second kappa shape index (κ2) is 11.0. The van der Waals surface area contributed by atoms with Crippen LogP contribution in [0.4, 0.5) is 9.93 Å². The smallest absolute Gasteiger partial charge is 0.323 e. The maximum atomic E-state index is 13.0. The van der Waals surface area contributed by atoms with Gasteiger partial charge >= 0.3 is 12.0 Å². The van der Waals surface area contributed by atoms with Gasteiger partial charge in [0.25, 0.3) is 0 Å². The van der Waals surface area contributed by atoms with Crippen LogP contribution in [-0.4, -0.2) is 45.3 Å². The van der Waals surface area contributed by atoms with Gasteiger partial charge in [0.05, 0.1) is 16.2 Å². The summed E-state index contributed by atoms with van der Waals surface area (Å²) in [7, 11) is 0. The monoisotopic (exact) mass is 425 g/mol. The molecule has 2 saturated carbocycles. The Morgan fingerprint density at radius 2 is 1.82 bits per heavy atom. The summed E-state index contributed by atoms with van der Waals surface area (Å²) in [6.45, 7) is 0.827. The number of hydrogen-bond donors (Lipinski definition) is 2. The van der Waals surface area contributed by atoms with Crippen molar-refractivity contribution in [3.63, 3.8) is 0 Å². The number of carbonyl (C=O) groups excluding carboxylic acids is 1. The molecule has 0 radical (unpaired) electrons. The van der Waals surface area contributed by atoms with E-state index in [0.29, 0.717) is 11.2 Å². The van der Waals surface area contributed by atoms with E-state index in [9.17, 15) is 9.59 Å². The van der Waals surface area contributed by atoms with Crippen LogP contribution >= 0.6 is 23.1 Å². The topological polar surface area (TPSA) is 82.5 Å². The lowest BCUT2D eigenvalue weighted by Crippen LogP contribution is -2.44. The normalized spacial score (nSPS) is 18.7. The molecule has 0 unspecified atom stereocenters. The van der Waals surface area contributed by atoms with Gasteiger partial charge in [0, 0.05) is 12.6 Å². The summed E-state index contributed by atoms with van der Waals surface area (Å²) in [5.41, 5.74) is 0. The van der Waals surface area contributed by atoms with Gasteiger partial charge < -0.3 is 10.0 Å². The second-order valence-corrected chi connectivity index (χ2v) is 10.2. The first-order valence-corrected chi connectivity index (χ1v) is 12.3. The number of nitrogens with one attached hydrogen (secondary N) is 1. The van der Waals surface area contributed by atoms with E-state index >= 15 is 0 Å². The minimum Gasteiger partial charge on any atom is -0.481 e. The van der Waals surface area contributed by atoms with Crippen molar-refractivity contribution in [1.82, 2.24) is 9.88 Å². The summed E-state index contributed by atoms with van der Waals surface area (Å²) in [5.74, 6) is -0.0905. The van der Waals surface area contributed by atoms with Crippen LogP contribution in [0.5, 0.6) is 0 Å². The number of nitrogens with zero attached hydrogens (tertiary/aromatic N) is 2. The maximum Gasteiger partial charge on any atom is 0.323 e. The predicted octanol–water partition coefficient (Wildman–Crippen LogP) is 5.46. The molecule has 2 aliphatic carbocycles. The van der Waals surface area contributed by atoms with Gasteiger partial charge in [-0.3, -0.25) is 10.1 Å². The zero-order valence-electron chi connectivity index (χ0n) is 16.4. The van der Waals surface area contributed by atoms with Crippen LogP contribution in [0.25, 0.3) is 0 Å². The molecule has 8 heteroatoms. The predicted molar refractivity (Wildman–Crippen MR) is 114 cm³/mol. The molecule has 1 aromatic heterocycles. The van der Waals surface area contributed by atoms with E-state index in [1.807, 2.05) is 0 Å². The van der Waals surface area contributed by atoms with Gasteiger partial charge in [0.2, 0.25) is 0 Å². The lowest BCUT2D eigenvalue weighted by atomic mass is 9.86. The maximum absolute atomic E-state index is 13.0. The van der Waals surface area contributed by atoms with Crippen LogP contribution in [-0.2, 0) is 4.79 Å². The fourth-order valence-corrected chi connectivity index (χ4v) is 5.90. The molecule has 2 aliphatic rings.